The Kier molecular flexibility index (Phi) is 5.37. The minimum atomic E-state index is 0.102. The van der Waals surface area contributed by atoms with Crippen molar-refractivity contribution < 1.29 is 4.79 Å². The second kappa shape index (κ2) is 8.62. The number of hydrogen-bond donors (Lipinski definition) is 0. The quantitative estimate of drug-likeness (QED) is 0.433. The van der Waals surface area contributed by atoms with E-state index < -0.39 is 0 Å². The number of piperidine rings is 1. The summed E-state index contributed by atoms with van der Waals surface area (Å²) in [5, 5.41) is 18.4. The Hall–Kier alpha value is -4.39. The number of likely N-dealkylation sites (tertiary alicyclic amines) is 1. The first-order valence-corrected chi connectivity index (χ1v) is 12.4. The lowest BCUT2D eigenvalue weighted by molar-refractivity contribution is 0.00306. The van der Waals surface area contributed by atoms with Crippen LogP contribution >= 0.6 is 0 Å². The molecule has 0 bridgehead atoms. The van der Waals surface area contributed by atoms with E-state index in [1.807, 2.05) is 36.7 Å². The van der Waals surface area contributed by atoms with Crippen LogP contribution in [0.2, 0.25) is 0 Å². The van der Waals surface area contributed by atoms with Gasteiger partial charge in [-0.25, -0.2) is 14.3 Å². The highest BCUT2D eigenvalue weighted by atomic mass is 16.2. The van der Waals surface area contributed by atoms with E-state index in [0.717, 1.165) is 72.6 Å². The number of urea groups is 1. The number of fused-ring (bicyclic) bond motifs is 1. The maximum absolute atomic E-state index is 12.2. The molecule has 10 heteroatoms. The van der Waals surface area contributed by atoms with Gasteiger partial charge in [-0.15, -0.1) is 0 Å². The molecule has 2 saturated heterocycles. The van der Waals surface area contributed by atoms with Gasteiger partial charge in [-0.2, -0.15) is 15.5 Å². The minimum absolute atomic E-state index is 0.102. The van der Waals surface area contributed by atoms with Crippen molar-refractivity contribution in [3.8, 4) is 28.3 Å². The van der Waals surface area contributed by atoms with Crippen molar-refractivity contribution in [2.75, 3.05) is 45.2 Å². The smallest absolute Gasteiger partial charge is 0.319 e. The van der Waals surface area contributed by atoms with Crippen LogP contribution in [0.5, 0.6) is 0 Å². The van der Waals surface area contributed by atoms with Crippen molar-refractivity contribution in [3.05, 3.63) is 54.7 Å². The Bertz CT molecular complexity index is 1510. The summed E-state index contributed by atoms with van der Waals surface area (Å²) in [6.07, 6.45) is 11.3. The molecule has 2 fully saturated rings. The molecule has 188 valence electrons. The third-order valence-corrected chi connectivity index (χ3v) is 7.68. The largest absolute Gasteiger partial charge is 0.357 e. The predicted octanol–water partition coefficient (Wildman–Crippen LogP) is 3.25. The molecule has 6 heterocycles. The molecule has 0 saturated carbocycles. The lowest BCUT2D eigenvalue weighted by Crippen LogP contribution is -2.63. The zero-order valence-corrected chi connectivity index (χ0v) is 21.3. The zero-order chi connectivity index (χ0) is 25.7. The molecule has 0 aliphatic carbocycles. The molecular weight excluding hydrogens is 466 g/mol. The van der Waals surface area contributed by atoms with Gasteiger partial charge >= 0.3 is 6.03 Å². The number of amides is 2. The number of nitriles is 1. The van der Waals surface area contributed by atoms with Crippen LogP contribution in [-0.4, -0.2) is 80.5 Å². The fourth-order valence-corrected chi connectivity index (χ4v) is 5.59. The zero-order valence-electron chi connectivity index (χ0n) is 21.3. The summed E-state index contributed by atoms with van der Waals surface area (Å²) >= 11 is 0. The molecule has 0 atom stereocenters. The highest BCUT2D eigenvalue weighted by Crippen LogP contribution is 2.41. The second-order valence-corrected chi connectivity index (χ2v) is 10.4. The number of anilines is 1. The van der Waals surface area contributed by atoms with Gasteiger partial charge in [0.1, 0.15) is 11.9 Å². The van der Waals surface area contributed by atoms with Crippen molar-refractivity contribution in [2.45, 2.75) is 12.8 Å². The van der Waals surface area contributed by atoms with Gasteiger partial charge in [-0.05, 0) is 31.0 Å². The average Bonchev–Trinajstić information content (AvgIpc) is 3.52. The lowest BCUT2D eigenvalue weighted by Gasteiger charge is -2.54. The lowest BCUT2D eigenvalue weighted by atomic mass is 9.72. The molecule has 4 aromatic heterocycles. The summed E-state index contributed by atoms with van der Waals surface area (Å²) in [6, 6.07) is 8.58. The van der Waals surface area contributed by atoms with E-state index in [0.29, 0.717) is 5.56 Å². The molecule has 37 heavy (non-hydrogen) atoms. The van der Waals surface area contributed by atoms with Gasteiger partial charge < -0.3 is 14.7 Å². The topological polar surface area (TPSA) is 98.6 Å². The first-order chi connectivity index (χ1) is 17.9. The summed E-state index contributed by atoms with van der Waals surface area (Å²) in [4.78, 5) is 22.9. The van der Waals surface area contributed by atoms with Crippen molar-refractivity contribution in [3.63, 3.8) is 0 Å². The van der Waals surface area contributed by atoms with E-state index in [4.69, 9.17) is 4.98 Å². The van der Waals surface area contributed by atoms with Crippen molar-refractivity contribution in [1.29, 1.82) is 5.26 Å². The SMILES string of the molecule is CN(C)C(=O)N1CC2(CCN(c3ccc(-c4cc(-c5cnn(C)c5)cn5ncc(C#N)c45)cn3)CC2)C1. The number of aromatic nitrogens is 5. The molecule has 0 radical (unpaired) electrons. The Labute approximate surface area is 215 Å². The van der Waals surface area contributed by atoms with Gasteiger partial charge in [-0.1, -0.05) is 0 Å². The molecule has 1 spiro atoms. The van der Waals surface area contributed by atoms with Crippen LogP contribution in [0.3, 0.4) is 0 Å². The molecule has 2 amide bonds. The van der Waals surface area contributed by atoms with Crippen LogP contribution in [0.15, 0.2) is 49.2 Å². The number of aryl methyl sites for hydroxylation is 1. The van der Waals surface area contributed by atoms with Crippen LogP contribution < -0.4 is 4.90 Å². The fourth-order valence-electron chi connectivity index (χ4n) is 5.59. The number of pyridine rings is 2. The van der Waals surface area contributed by atoms with Crippen molar-refractivity contribution >= 4 is 17.4 Å². The van der Waals surface area contributed by atoms with Gasteiger partial charge in [-0.3, -0.25) is 4.68 Å². The van der Waals surface area contributed by atoms with Gasteiger partial charge in [0.2, 0.25) is 0 Å². The predicted molar refractivity (Wildman–Crippen MR) is 140 cm³/mol. The standard InChI is InChI=1S/C27H29N9O/c1-32(2)26(37)35-17-27(18-35)6-8-34(9-7-27)24-5-4-19(12-29-24)23-10-20(22-14-30-33(3)15-22)16-36-25(23)21(11-28)13-31-36/h4-5,10,12-16H,6-9,17-18H2,1-3H3. The normalized spacial score (nSPS) is 16.6. The number of rotatable bonds is 3. The third-order valence-electron chi connectivity index (χ3n) is 7.68. The number of nitrogens with zero attached hydrogens (tertiary/aromatic N) is 9. The number of carbonyl (C=O) groups is 1. The molecule has 2 aliphatic rings. The van der Waals surface area contributed by atoms with E-state index in [-0.39, 0.29) is 11.4 Å². The first kappa shape index (κ1) is 23.0. The van der Waals surface area contributed by atoms with E-state index in [9.17, 15) is 10.1 Å². The highest BCUT2D eigenvalue weighted by Gasteiger charge is 2.47. The van der Waals surface area contributed by atoms with Crippen molar-refractivity contribution in [2.24, 2.45) is 12.5 Å². The van der Waals surface area contributed by atoms with Crippen LogP contribution in [0.1, 0.15) is 18.4 Å². The molecule has 6 rings (SSSR count). The molecular formula is C27H29N9O. The minimum Gasteiger partial charge on any atom is -0.357 e. The van der Waals surface area contributed by atoms with Crippen LogP contribution in [0.25, 0.3) is 27.8 Å². The van der Waals surface area contributed by atoms with Crippen LogP contribution in [0.4, 0.5) is 10.6 Å². The van der Waals surface area contributed by atoms with Gasteiger partial charge in [0.15, 0.2) is 0 Å². The summed E-state index contributed by atoms with van der Waals surface area (Å²) in [5.74, 6) is 0.951. The average molecular weight is 496 g/mol. The summed E-state index contributed by atoms with van der Waals surface area (Å²) < 4.78 is 3.53. The van der Waals surface area contributed by atoms with E-state index >= 15 is 0 Å². The number of hydrogen-bond acceptors (Lipinski definition) is 6. The maximum atomic E-state index is 12.2. The molecule has 4 aromatic rings. The Morgan fingerprint density at radius 3 is 2.43 bits per heavy atom. The molecule has 0 N–H and O–H groups in total. The molecule has 2 aliphatic heterocycles. The summed E-state index contributed by atoms with van der Waals surface area (Å²) in [6.45, 7) is 3.55. The van der Waals surface area contributed by atoms with Gasteiger partial charge in [0, 0.05) is 93.6 Å². The first-order valence-electron chi connectivity index (χ1n) is 12.4. The third kappa shape index (κ3) is 3.96. The second-order valence-electron chi connectivity index (χ2n) is 10.4. The fraction of sp³-hybridized carbons (Fsp3) is 0.370. The van der Waals surface area contributed by atoms with E-state index in [1.54, 1.807) is 34.4 Å². The Morgan fingerprint density at radius 1 is 1.03 bits per heavy atom. The molecule has 0 unspecified atom stereocenters. The van der Waals surface area contributed by atoms with Gasteiger partial charge in [0.25, 0.3) is 0 Å². The summed E-state index contributed by atoms with van der Waals surface area (Å²) in [7, 11) is 5.50. The van der Waals surface area contributed by atoms with Gasteiger partial charge in [0.05, 0.1) is 23.5 Å². The Morgan fingerprint density at radius 2 is 1.81 bits per heavy atom. The summed E-state index contributed by atoms with van der Waals surface area (Å²) in [5.41, 5.74) is 5.33. The maximum Gasteiger partial charge on any atom is 0.319 e. The van der Waals surface area contributed by atoms with E-state index in [1.165, 1.54) is 0 Å². The van der Waals surface area contributed by atoms with E-state index in [2.05, 4.69) is 39.4 Å². The monoisotopic (exact) mass is 495 g/mol. The number of carbonyl (C=O) groups excluding carboxylic acids is 1. The highest BCUT2D eigenvalue weighted by molar-refractivity contribution is 5.87. The van der Waals surface area contributed by atoms with Crippen LogP contribution in [0, 0.1) is 16.7 Å². The molecule has 10 nitrogen and oxygen atoms in total. The van der Waals surface area contributed by atoms with Crippen molar-refractivity contribution in [1.82, 2.24) is 34.2 Å². The van der Waals surface area contributed by atoms with Crippen LogP contribution in [-0.2, 0) is 7.05 Å². The molecule has 0 aromatic carbocycles. The Balaban J connectivity index is 1.23.